The molecule has 0 radical (unpaired) electrons. The molecule has 0 aliphatic carbocycles. The lowest BCUT2D eigenvalue weighted by atomic mass is 10.1. The largest absolute Gasteiger partial charge is 0.488 e. The van der Waals surface area contributed by atoms with Gasteiger partial charge in [-0.2, -0.15) is 0 Å². The minimum absolute atomic E-state index is 0.0799. The Morgan fingerprint density at radius 3 is 2.81 bits per heavy atom. The van der Waals surface area contributed by atoms with Crippen LogP contribution in [0.3, 0.4) is 0 Å². The Balaban J connectivity index is 1.75. The van der Waals surface area contributed by atoms with Gasteiger partial charge in [0.2, 0.25) is 6.79 Å². The third-order valence-electron chi connectivity index (χ3n) is 3.34. The summed E-state index contributed by atoms with van der Waals surface area (Å²) in [7, 11) is 0. The molecule has 21 heavy (non-hydrogen) atoms. The van der Waals surface area contributed by atoms with Gasteiger partial charge in [-0.05, 0) is 29.8 Å². The van der Waals surface area contributed by atoms with Gasteiger partial charge in [-0.15, -0.1) is 0 Å². The molecule has 0 aromatic heterocycles. The Bertz CT molecular complexity index is 664. The number of para-hydroxylation sites is 1. The van der Waals surface area contributed by atoms with Gasteiger partial charge < -0.3 is 14.2 Å². The second kappa shape index (κ2) is 5.87. The highest BCUT2D eigenvalue weighted by molar-refractivity contribution is 5.98. The zero-order valence-electron chi connectivity index (χ0n) is 11.8. The molecule has 0 spiro atoms. The van der Waals surface area contributed by atoms with Crippen molar-refractivity contribution < 1.29 is 19.0 Å². The highest BCUT2D eigenvalue weighted by Crippen LogP contribution is 2.33. The van der Waals surface area contributed by atoms with Gasteiger partial charge in [0.1, 0.15) is 12.4 Å². The third kappa shape index (κ3) is 2.84. The smallest absolute Gasteiger partial charge is 0.231 e. The van der Waals surface area contributed by atoms with E-state index in [4.69, 9.17) is 14.2 Å². The lowest BCUT2D eigenvalue weighted by Crippen LogP contribution is -2.03. The fourth-order valence-corrected chi connectivity index (χ4v) is 2.21. The predicted molar refractivity (Wildman–Crippen MR) is 78.0 cm³/mol. The topological polar surface area (TPSA) is 44.8 Å². The Labute approximate surface area is 123 Å². The van der Waals surface area contributed by atoms with Gasteiger partial charge in [-0.1, -0.05) is 25.1 Å². The number of carbonyl (C=O) groups excluding carboxylic acids is 1. The molecule has 0 saturated heterocycles. The van der Waals surface area contributed by atoms with E-state index in [0.29, 0.717) is 24.3 Å². The summed E-state index contributed by atoms with van der Waals surface area (Å²) in [6.07, 6.45) is 0.463. The van der Waals surface area contributed by atoms with Crippen LogP contribution >= 0.6 is 0 Å². The van der Waals surface area contributed by atoms with E-state index in [9.17, 15) is 4.79 Å². The molecule has 0 N–H and O–H groups in total. The third-order valence-corrected chi connectivity index (χ3v) is 3.34. The minimum atomic E-state index is 0.0799. The number of benzene rings is 2. The van der Waals surface area contributed by atoms with E-state index in [1.807, 2.05) is 43.3 Å². The quantitative estimate of drug-likeness (QED) is 0.787. The van der Waals surface area contributed by atoms with Crippen molar-refractivity contribution in [2.45, 2.75) is 20.0 Å². The first-order valence-corrected chi connectivity index (χ1v) is 6.91. The Morgan fingerprint density at radius 1 is 1.14 bits per heavy atom. The van der Waals surface area contributed by atoms with E-state index in [-0.39, 0.29) is 12.6 Å². The average Bonchev–Trinajstić information content (AvgIpc) is 3.00. The number of ketones is 1. The summed E-state index contributed by atoms with van der Waals surface area (Å²) in [4.78, 5) is 11.9. The molecule has 4 nitrogen and oxygen atoms in total. The van der Waals surface area contributed by atoms with Crippen molar-refractivity contribution >= 4 is 5.78 Å². The molecule has 2 aromatic carbocycles. The van der Waals surface area contributed by atoms with Crippen LogP contribution in [-0.4, -0.2) is 12.6 Å². The van der Waals surface area contributed by atoms with Gasteiger partial charge in [-0.25, -0.2) is 0 Å². The molecule has 1 aliphatic heterocycles. The van der Waals surface area contributed by atoms with Crippen LogP contribution < -0.4 is 14.2 Å². The van der Waals surface area contributed by atoms with Gasteiger partial charge in [0.05, 0.1) is 5.56 Å². The number of hydrogen-bond donors (Lipinski definition) is 0. The molecular formula is C17H16O4. The molecule has 3 rings (SSSR count). The molecule has 1 heterocycles. The highest BCUT2D eigenvalue weighted by Gasteiger charge is 2.14. The minimum Gasteiger partial charge on any atom is -0.488 e. The summed E-state index contributed by atoms with van der Waals surface area (Å²) in [6.45, 7) is 2.48. The van der Waals surface area contributed by atoms with Gasteiger partial charge in [0, 0.05) is 6.42 Å². The number of hydrogen-bond acceptors (Lipinski definition) is 4. The standard InChI is InChI=1S/C17H16O4/c1-2-14(18)13-5-3-4-6-15(13)19-10-12-7-8-16-17(9-12)21-11-20-16/h3-9H,2,10-11H2,1H3. The number of carbonyl (C=O) groups is 1. The Hall–Kier alpha value is -2.49. The van der Waals surface area contributed by atoms with Crippen molar-refractivity contribution in [3.8, 4) is 17.2 Å². The van der Waals surface area contributed by atoms with E-state index in [1.165, 1.54) is 0 Å². The number of fused-ring (bicyclic) bond motifs is 1. The van der Waals surface area contributed by atoms with Crippen molar-refractivity contribution in [3.63, 3.8) is 0 Å². The summed E-state index contributed by atoms with van der Waals surface area (Å²) in [5, 5.41) is 0. The van der Waals surface area contributed by atoms with Gasteiger partial charge in [0.15, 0.2) is 17.3 Å². The second-order valence-electron chi connectivity index (χ2n) is 4.75. The second-order valence-corrected chi connectivity index (χ2v) is 4.75. The summed E-state index contributed by atoms with van der Waals surface area (Å²) < 4.78 is 16.4. The highest BCUT2D eigenvalue weighted by atomic mass is 16.7. The molecule has 0 bridgehead atoms. The summed E-state index contributed by atoms with van der Waals surface area (Å²) in [5.41, 5.74) is 1.60. The maximum atomic E-state index is 11.9. The summed E-state index contributed by atoms with van der Waals surface area (Å²) in [5.74, 6) is 2.17. The average molecular weight is 284 g/mol. The SMILES string of the molecule is CCC(=O)c1ccccc1OCc1ccc2c(c1)OCO2. The van der Waals surface area contributed by atoms with Crippen molar-refractivity contribution in [2.75, 3.05) is 6.79 Å². The van der Waals surface area contributed by atoms with E-state index in [2.05, 4.69) is 0 Å². The zero-order valence-corrected chi connectivity index (χ0v) is 11.8. The lowest BCUT2D eigenvalue weighted by Gasteiger charge is -2.10. The molecule has 108 valence electrons. The van der Waals surface area contributed by atoms with E-state index in [1.54, 1.807) is 6.07 Å². The number of ether oxygens (including phenoxy) is 3. The van der Waals surface area contributed by atoms with Gasteiger partial charge in [-0.3, -0.25) is 4.79 Å². The van der Waals surface area contributed by atoms with Crippen LogP contribution in [0, 0.1) is 0 Å². The van der Waals surface area contributed by atoms with Crippen LogP contribution in [0.25, 0.3) is 0 Å². The lowest BCUT2D eigenvalue weighted by molar-refractivity contribution is 0.0983. The van der Waals surface area contributed by atoms with Crippen molar-refractivity contribution in [1.82, 2.24) is 0 Å². The van der Waals surface area contributed by atoms with Crippen molar-refractivity contribution in [1.29, 1.82) is 0 Å². The Morgan fingerprint density at radius 2 is 1.95 bits per heavy atom. The maximum absolute atomic E-state index is 11.9. The van der Waals surface area contributed by atoms with Crippen LogP contribution in [0.2, 0.25) is 0 Å². The van der Waals surface area contributed by atoms with E-state index >= 15 is 0 Å². The molecule has 0 fully saturated rings. The van der Waals surface area contributed by atoms with Crippen LogP contribution in [0.1, 0.15) is 29.3 Å². The maximum Gasteiger partial charge on any atom is 0.231 e. The van der Waals surface area contributed by atoms with Crippen molar-refractivity contribution in [2.24, 2.45) is 0 Å². The molecule has 0 atom stereocenters. The number of rotatable bonds is 5. The summed E-state index contributed by atoms with van der Waals surface area (Å²) >= 11 is 0. The van der Waals surface area contributed by atoms with Crippen LogP contribution in [0.15, 0.2) is 42.5 Å². The molecule has 0 amide bonds. The van der Waals surface area contributed by atoms with Crippen LogP contribution in [0.4, 0.5) is 0 Å². The molecule has 0 saturated carbocycles. The first kappa shape index (κ1) is 13.5. The van der Waals surface area contributed by atoms with Gasteiger partial charge in [0.25, 0.3) is 0 Å². The first-order chi connectivity index (χ1) is 10.3. The fourth-order valence-electron chi connectivity index (χ4n) is 2.21. The molecule has 1 aliphatic rings. The fraction of sp³-hybridized carbons (Fsp3) is 0.235. The van der Waals surface area contributed by atoms with Crippen molar-refractivity contribution in [3.05, 3.63) is 53.6 Å². The summed E-state index contributed by atoms with van der Waals surface area (Å²) in [6, 6.07) is 13.0. The predicted octanol–water partition coefficient (Wildman–Crippen LogP) is 3.59. The Kier molecular flexibility index (Phi) is 3.77. The van der Waals surface area contributed by atoms with Crippen LogP contribution in [0.5, 0.6) is 17.2 Å². The van der Waals surface area contributed by atoms with Crippen LogP contribution in [-0.2, 0) is 6.61 Å². The number of Topliss-reactive ketones (excluding diaryl/α,β-unsaturated/α-hetero) is 1. The monoisotopic (exact) mass is 284 g/mol. The molecular weight excluding hydrogens is 268 g/mol. The van der Waals surface area contributed by atoms with E-state index in [0.717, 1.165) is 17.1 Å². The first-order valence-electron chi connectivity index (χ1n) is 6.91. The molecule has 2 aromatic rings. The molecule has 4 heteroatoms. The zero-order chi connectivity index (χ0) is 14.7. The normalized spacial score (nSPS) is 12.2. The van der Waals surface area contributed by atoms with Gasteiger partial charge >= 0.3 is 0 Å². The molecule has 0 unspecified atom stereocenters. The van der Waals surface area contributed by atoms with E-state index < -0.39 is 0 Å².